The van der Waals surface area contributed by atoms with Crippen molar-refractivity contribution in [2.75, 3.05) is 38.5 Å². The van der Waals surface area contributed by atoms with Crippen molar-refractivity contribution in [3.05, 3.63) is 28.7 Å². The summed E-state index contributed by atoms with van der Waals surface area (Å²) in [6.45, 7) is 4.92. The predicted octanol–water partition coefficient (Wildman–Crippen LogP) is 1.76. The first-order valence-electron chi connectivity index (χ1n) is 7.46. The number of halogens is 1. The molecule has 6 heteroatoms. The van der Waals surface area contributed by atoms with Gasteiger partial charge in [-0.2, -0.15) is 0 Å². The molecule has 1 aromatic rings. The van der Waals surface area contributed by atoms with Crippen molar-refractivity contribution in [1.82, 2.24) is 10.2 Å². The smallest absolute Gasteiger partial charge is 0.179 e. The minimum atomic E-state index is -3.18. The van der Waals surface area contributed by atoms with Crippen LogP contribution >= 0.6 is 15.9 Å². The van der Waals surface area contributed by atoms with Crippen LogP contribution in [0.4, 0.5) is 0 Å². The number of piperidine rings is 1. The number of sulfone groups is 1. The molecule has 0 aromatic heterocycles. The number of fused-ring (bicyclic) bond motifs is 1. The zero-order valence-electron chi connectivity index (χ0n) is 12.0. The highest BCUT2D eigenvalue weighted by atomic mass is 79.9. The highest BCUT2D eigenvalue weighted by Crippen LogP contribution is 2.26. The van der Waals surface area contributed by atoms with E-state index < -0.39 is 9.84 Å². The Kier molecular flexibility index (Phi) is 4.69. The fourth-order valence-corrected chi connectivity index (χ4v) is 4.87. The number of nitrogens with zero attached hydrogens (tertiary/aromatic N) is 1. The molecule has 0 radical (unpaired) electrons. The van der Waals surface area contributed by atoms with Crippen LogP contribution in [0, 0.1) is 11.8 Å². The molecule has 21 heavy (non-hydrogen) atoms. The molecule has 2 unspecified atom stereocenters. The third kappa shape index (κ3) is 3.67. The molecule has 1 aromatic carbocycles. The Hall–Kier alpha value is -0.430. The predicted molar refractivity (Wildman–Crippen MR) is 87.1 cm³/mol. The number of hydrogen-bond acceptors (Lipinski definition) is 4. The first-order valence-corrected chi connectivity index (χ1v) is 9.90. The molecule has 2 aliphatic heterocycles. The molecule has 0 amide bonds. The second-order valence-electron chi connectivity index (χ2n) is 6.04. The standard InChI is InChI=1S/C15H21BrN2O2S/c16-14-1-3-15(4-2-14)21(19,20)8-7-18-6-5-12-9-17-10-13(12)11-18/h1-4,12-13,17H,5-11H2. The van der Waals surface area contributed by atoms with Gasteiger partial charge in [0.1, 0.15) is 0 Å². The molecular formula is C15H21BrN2O2S. The molecule has 0 spiro atoms. The first kappa shape index (κ1) is 15.5. The molecule has 1 N–H and O–H groups in total. The van der Waals surface area contributed by atoms with Crippen LogP contribution in [0.1, 0.15) is 6.42 Å². The SMILES string of the molecule is O=S(=O)(CCN1CCC2CNCC2C1)c1ccc(Br)cc1. The summed E-state index contributed by atoms with van der Waals surface area (Å²) in [7, 11) is -3.18. The number of hydrogen-bond donors (Lipinski definition) is 1. The van der Waals surface area contributed by atoms with Crippen molar-refractivity contribution in [3.8, 4) is 0 Å². The lowest BCUT2D eigenvalue weighted by Crippen LogP contribution is -2.42. The third-order valence-electron chi connectivity index (χ3n) is 4.64. The summed E-state index contributed by atoms with van der Waals surface area (Å²) >= 11 is 3.33. The summed E-state index contributed by atoms with van der Waals surface area (Å²) in [6.07, 6.45) is 1.19. The Morgan fingerprint density at radius 1 is 1.19 bits per heavy atom. The van der Waals surface area contributed by atoms with Crippen LogP contribution in [0.15, 0.2) is 33.6 Å². The normalized spacial score (nSPS) is 26.7. The Labute approximate surface area is 135 Å². The molecule has 116 valence electrons. The van der Waals surface area contributed by atoms with Crippen LogP contribution in [-0.4, -0.2) is 51.8 Å². The maximum absolute atomic E-state index is 12.4. The van der Waals surface area contributed by atoms with E-state index in [0.29, 0.717) is 17.4 Å². The third-order valence-corrected chi connectivity index (χ3v) is 6.88. The van der Waals surface area contributed by atoms with Gasteiger partial charge in [-0.15, -0.1) is 0 Å². The van der Waals surface area contributed by atoms with E-state index in [0.717, 1.165) is 36.6 Å². The van der Waals surface area contributed by atoms with E-state index in [1.54, 1.807) is 24.3 Å². The van der Waals surface area contributed by atoms with Crippen molar-refractivity contribution < 1.29 is 8.42 Å². The number of likely N-dealkylation sites (tertiary alicyclic amines) is 1. The lowest BCUT2D eigenvalue weighted by atomic mass is 9.89. The number of benzene rings is 1. The zero-order valence-corrected chi connectivity index (χ0v) is 14.4. The van der Waals surface area contributed by atoms with Gasteiger partial charge in [-0.05, 0) is 62.2 Å². The molecule has 0 bridgehead atoms. The quantitative estimate of drug-likeness (QED) is 0.874. The van der Waals surface area contributed by atoms with Gasteiger partial charge >= 0.3 is 0 Å². The van der Waals surface area contributed by atoms with Crippen LogP contribution in [0.5, 0.6) is 0 Å². The van der Waals surface area contributed by atoms with Crippen LogP contribution in [0.3, 0.4) is 0 Å². The zero-order chi connectivity index (χ0) is 14.9. The van der Waals surface area contributed by atoms with Crippen LogP contribution < -0.4 is 5.32 Å². The van der Waals surface area contributed by atoms with Gasteiger partial charge in [0.2, 0.25) is 0 Å². The maximum Gasteiger partial charge on any atom is 0.179 e. The van der Waals surface area contributed by atoms with Gasteiger partial charge in [0.05, 0.1) is 10.6 Å². The van der Waals surface area contributed by atoms with Gasteiger partial charge in [-0.3, -0.25) is 0 Å². The maximum atomic E-state index is 12.4. The number of rotatable bonds is 4. The summed E-state index contributed by atoms with van der Waals surface area (Å²) in [4.78, 5) is 2.73. The van der Waals surface area contributed by atoms with E-state index >= 15 is 0 Å². The van der Waals surface area contributed by atoms with E-state index in [2.05, 4.69) is 26.1 Å². The van der Waals surface area contributed by atoms with Gasteiger partial charge in [-0.1, -0.05) is 15.9 Å². The summed E-state index contributed by atoms with van der Waals surface area (Å²) in [6, 6.07) is 6.91. The van der Waals surface area contributed by atoms with Crippen molar-refractivity contribution in [2.24, 2.45) is 11.8 Å². The lowest BCUT2D eigenvalue weighted by molar-refractivity contribution is 0.156. The Morgan fingerprint density at radius 2 is 1.90 bits per heavy atom. The topological polar surface area (TPSA) is 49.4 Å². The van der Waals surface area contributed by atoms with E-state index in [1.807, 2.05) is 0 Å². The monoisotopic (exact) mass is 372 g/mol. The molecule has 2 saturated heterocycles. The van der Waals surface area contributed by atoms with Gasteiger partial charge in [0.25, 0.3) is 0 Å². The second-order valence-corrected chi connectivity index (χ2v) is 9.07. The molecule has 3 rings (SSSR count). The number of nitrogens with one attached hydrogen (secondary N) is 1. The minimum absolute atomic E-state index is 0.208. The summed E-state index contributed by atoms with van der Waals surface area (Å²) in [5.41, 5.74) is 0. The van der Waals surface area contributed by atoms with Gasteiger partial charge in [-0.25, -0.2) is 8.42 Å². The van der Waals surface area contributed by atoms with E-state index in [1.165, 1.54) is 6.42 Å². The van der Waals surface area contributed by atoms with Gasteiger partial charge < -0.3 is 10.2 Å². The summed E-state index contributed by atoms with van der Waals surface area (Å²) < 4.78 is 25.6. The minimum Gasteiger partial charge on any atom is -0.316 e. The molecular weight excluding hydrogens is 352 g/mol. The van der Waals surface area contributed by atoms with E-state index in [-0.39, 0.29) is 5.75 Å². The van der Waals surface area contributed by atoms with Crippen molar-refractivity contribution in [2.45, 2.75) is 11.3 Å². The Morgan fingerprint density at radius 3 is 2.67 bits per heavy atom. The summed E-state index contributed by atoms with van der Waals surface area (Å²) in [5.74, 6) is 1.71. The lowest BCUT2D eigenvalue weighted by Gasteiger charge is -2.34. The molecule has 2 fully saturated rings. The summed E-state index contributed by atoms with van der Waals surface area (Å²) in [5, 5.41) is 3.44. The average molecular weight is 373 g/mol. The first-order chi connectivity index (χ1) is 10.0. The highest BCUT2D eigenvalue weighted by molar-refractivity contribution is 9.10. The van der Waals surface area contributed by atoms with Crippen molar-refractivity contribution in [1.29, 1.82) is 0 Å². The van der Waals surface area contributed by atoms with Crippen molar-refractivity contribution in [3.63, 3.8) is 0 Å². The molecule has 4 nitrogen and oxygen atoms in total. The Bertz CT molecular complexity index is 588. The molecule has 2 aliphatic rings. The fourth-order valence-electron chi connectivity index (χ4n) is 3.32. The fraction of sp³-hybridized carbons (Fsp3) is 0.600. The second kappa shape index (κ2) is 6.36. The molecule has 0 saturated carbocycles. The molecule has 2 atom stereocenters. The van der Waals surface area contributed by atoms with Crippen LogP contribution in [0.2, 0.25) is 0 Å². The molecule has 0 aliphatic carbocycles. The molecule has 2 heterocycles. The Balaban J connectivity index is 1.58. The van der Waals surface area contributed by atoms with E-state index in [9.17, 15) is 8.42 Å². The van der Waals surface area contributed by atoms with Crippen LogP contribution in [0.25, 0.3) is 0 Å². The van der Waals surface area contributed by atoms with Gasteiger partial charge in [0, 0.05) is 17.6 Å². The van der Waals surface area contributed by atoms with Crippen molar-refractivity contribution >= 4 is 25.8 Å². The van der Waals surface area contributed by atoms with E-state index in [4.69, 9.17) is 0 Å². The average Bonchev–Trinajstić information content (AvgIpc) is 2.93. The largest absolute Gasteiger partial charge is 0.316 e. The van der Waals surface area contributed by atoms with Crippen LogP contribution in [-0.2, 0) is 9.84 Å². The highest BCUT2D eigenvalue weighted by Gasteiger charge is 2.32. The van der Waals surface area contributed by atoms with Gasteiger partial charge in [0.15, 0.2) is 9.84 Å².